The van der Waals surface area contributed by atoms with Crippen molar-refractivity contribution in [3.63, 3.8) is 0 Å². The van der Waals surface area contributed by atoms with E-state index in [4.69, 9.17) is 21.7 Å². The summed E-state index contributed by atoms with van der Waals surface area (Å²) in [5, 5.41) is 29.7. The molecule has 0 aliphatic carbocycles. The minimum atomic E-state index is -1.08. The normalized spacial score (nSPS) is 13.8. The number of terminal acetylenes is 1. The van der Waals surface area contributed by atoms with Gasteiger partial charge in [-0.1, -0.05) is 12.8 Å². The summed E-state index contributed by atoms with van der Waals surface area (Å²) in [6, 6.07) is -0.244. The minimum Gasteiger partial charge on any atom is -0.394 e. The maximum atomic E-state index is 8.97. The van der Waals surface area contributed by atoms with Crippen molar-refractivity contribution in [1.82, 2.24) is 5.32 Å². The molecule has 76 valence electrons. The monoisotopic (exact) mass is 187 g/mol. The van der Waals surface area contributed by atoms with Gasteiger partial charge in [-0.25, -0.2) is 0 Å². The van der Waals surface area contributed by atoms with Crippen LogP contribution in [0, 0.1) is 12.3 Å². The Morgan fingerprint density at radius 2 is 1.77 bits per heavy atom. The van der Waals surface area contributed by atoms with Crippen LogP contribution in [0.15, 0.2) is 0 Å². The van der Waals surface area contributed by atoms with Crippen molar-refractivity contribution in [2.45, 2.75) is 24.9 Å². The SMILES string of the molecule is C#CC(CC)NC(CO)(CO)CO. The van der Waals surface area contributed by atoms with Gasteiger partial charge in [0.05, 0.1) is 31.4 Å². The molecule has 0 aliphatic heterocycles. The standard InChI is InChI=1S/C9H17NO3/c1-3-8(4-2)10-9(5-11,6-12)7-13/h1,8,10-13H,4-7H2,2H3. The van der Waals surface area contributed by atoms with Crippen LogP contribution in [0.2, 0.25) is 0 Å². The van der Waals surface area contributed by atoms with Gasteiger partial charge in [-0.05, 0) is 6.42 Å². The summed E-state index contributed by atoms with van der Waals surface area (Å²) in [5.74, 6) is 2.47. The summed E-state index contributed by atoms with van der Waals surface area (Å²) in [6.45, 7) is 0.836. The molecule has 1 unspecified atom stereocenters. The molecular weight excluding hydrogens is 170 g/mol. The zero-order chi connectivity index (χ0) is 10.3. The zero-order valence-electron chi connectivity index (χ0n) is 7.82. The van der Waals surface area contributed by atoms with E-state index in [9.17, 15) is 0 Å². The van der Waals surface area contributed by atoms with Crippen LogP contribution in [0.25, 0.3) is 0 Å². The first-order valence-electron chi connectivity index (χ1n) is 4.24. The molecule has 1 atom stereocenters. The van der Waals surface area contributed by atoms with Gasteiger partial charge in [0, 0.05) is 0 Å². The molecule has 0 aliphatic rings. The second kappa shape index (κ2) is 5.95. The van der Waals surface area contributed by atoms with Crippen molar-refractivity contribution < 1.29 is 15.3 Å². The highest BCUT2D eigenvalue weighted by atomic mass is 16.3. The van der Waals surface area contributed by atoms with Crippen LogP contribution in [-0.4, -0.2) is 46.7 Å². The van der Waals surface area contributed by atoms with Crippen LogP contribution in [0.5, 0.6) is 0 Å². The van der Waals surface area contributed by atoms with Crippen LogP contribution in [0.3, 0.4) is 0 Å². The third-order valence-corrected chi connectivity index (χ3v) is 2.00. The van der Waals surface area contributed by atoms with Gasteiger partial charge in [0.25, 0.3) is 0 Å². The first-order valence-corrected chi connectivity index (χ1v) is 4.24. The number of hydrogen-bond donors (Lipinski definition) is 4. The molecule has 0 aromatic heterocycles. The molecule has 0 aromatic carbocycles. The fourth-order valence-corrected chi connectivity index (χ4v) is 0.918. The van der Waals surface area contributed by atoms with E-state index in [2.05, 4.69) is 11.2 Å². The Balaban J connectivity index is 4.32. The predicted octanol–water partition coefficient (Wildman–Crippen LogP) is -1.30. The first-order chi connectivity index (χ1) is 6.17. The second-order valence-electron chi connectivity index (χ2n) is 3.03. The Hall–Kier alpha value is -0.600. The Morgan fingerprint density at radius 1 is 1.31 bits per heavy atom. The van der Waals surface area contributed by atoms with Gasteiger partial charge in [-0.3, -0.25) is 5.32 Å². The Kier molecular flexibility index (Phi) is 5.67. The predicted molar refractivity (Wildman–Crippen MR) is 50.0 cm³/mol. The smallest absolute Gasteiger partial charge is 0.0890 e. The zero-order valence-corrected chi connectivity index (χ0v) is 7.82. The largest absolute Gasteiger partial charge is 0.394 e. The third-order valence-electron chi connectivity index (χ3n) is 2.00. The lowest BCUT2D eigenvalue weighted by Crippen LogP contribution is -2.58. The van der Waals surface area contributed by atoms with E-state index >= 15 is 0 Å². The van der Waals surface area contributed by atoms with E-state index in [0.717, 1.165) is 0 Å². The van der Waals surface area contributed by atoms with Gasteiger partial charge in [0.1, 0.15) is 0 Å². The van der Waals surface area contributed by atoms with Crippen molar-refractivity contribution in [1.29, 1.82) is 0 Å². The lowest BCUT2D eigenvalue weighted by Gasteiger charge is -2.31. The van der Waals surface area contributed by atoms with Gasteiger partial charge >= 0.3 is 0 Å². The summed E-state index contributed by atoms with van der Waals surface area (Å²) >= 11 is 0. The van der Waals surface area contributed by atoms with E-state index in [1.807, 2.05) is 6.92 Å². The van der Waals surface area contributed by atoms with Gasteiger partial charge in [-0.15, -0.1) is 6.42 Å². The number of nitrogens with one attached hydrogen (secondary N) is 1. The van der Waals surface area contributed by atoms with Gasteiger partial charge < -0.3 is 15.3 Å². The molecule has 0 fully saturated rings. The van der Waals surface area contributed by atoms with E-state index in [1.54, 1.807) is 0 Å². The molecule has 0 saturated heterocycles. The molecule has 0 bridgehead atoms. The molecule has 0 amide bonds. The summed E-state index contributed by atoms with van der Waals surface area (Å²) in [7, 11) is 0. The Labute approximate surface area is 78.6 Å². The van der Waals surface area contributed by atoms with Crippen LogP contribution in [-0.2, 0) is 0 Å². The first kappa shape index (κ1) is 12.4. The minimum absolute atomic E-state index is 0.244. The Bertz CT molecular complexity index is 164. The van der Waals surface area contributed by atoms with Crippen molar-refractivity contribution in [2.75, 3.05) is 19.8 Å². The van der Waals surface area contributed by atoms with Crippen LogP contribution in [0.1, 0.15) is 13.3 Å². The maximum Gasteiger partial charge on any atom is 0.0890 e. The highest BCUT2D eigenvalue weighted by Gasteiger charge is 2.29. The third kappa shape index (κ3) is 3.33. The number of aliphatic hydroxyl groups excluding tert-OH is 3. The van der Waals surface area contributed by atoms with E-state index in [-0.39, 0.29) is 25.9 Å². The summed E-state index contributed by atoms with van der Waals surface area (Å²) in [6.07, 6.45) is 5.88. The molecule has 0 heterocycles. The average molecular weight is 187 g/mol. The second-order valence-corrected chi connectivity index (χ2v) is 3.03. The summed E-state index contributed by atoms with van der Waals surface area (Å²) in [5.41, 5.74) is -1.08. The highest BCUT2D eigenvalue weighted by molar-refractivity contribution is 5.03. The number of rotatable bonds is 6. The lowest BCUT2D eigenvalue weighted by molar-refractivity contribution is 0.0383. The topological polar surface area (TPSA) is 72.7 Å². The molecule has 13 heavy (non-hydrogen) atoms. The molecule has 0 radical (unpaired) electrons. The molecule has 0 rings (SSSR count). The molecule has 4 nitrogen and oxygen atoms in total. The number of aliphatic hydroxyl groups is 3. The van der Waals surface area contributed by atoms with Crippen molar-refractivity contribution >= 4 is 0 Å². The van der Waals surface area contributed by atoms with Crippen LogP contribution in [0.4, 0.5) is 0 Å². The maximum absolute atomic E-state index is 8.97. The average Bonchev–Trinajstić information content (AvgIpc) is 2.21. The Morgan fingerprint density at radius 3 is 2.00 bits per heavy atom. The van der Waals surface area contributed by atoms with Gasteiger partial charge in [0.2, 0.25) is 0 Å². The van der Waals surface area contributed by atoms with Gasteiger partial charge in [-0.2, -0.15) is 0 Å². The fourth-order valence-electron chi connectivity index (χ4n) is 0.918. The van der Waals surface area contributed by atoms with E-state index in [1.165, 1.54) is 0 Å². The molecule has 0 spiro atoms. The molecule has 0 saturated carbocycles. The van der Waals surface area contributed by atoms with Crippen LogP contribution < -0.4 is 5.32 Å². The summed E-state index contributed by atoms with van der Waals surface area (Å²) in [4.78, 5) is 0. The highest BCUT2D eigenvalue weighted by Crippen LogP contribution is 2.04. The van der Waals surface area contributed by atoms with Crippen molar-refractivity contribution in [2.24, 2.45) is 0 Å². The van der Waals surface area contributed by atoms with Crippen LogP contribution >= 0.6 is 0 Å². The van der Waals surface area contributed by atoms with Gasteiger partial charge in [0.15, 0.2) is 0 Å². The van der Waals surface area contributed by atoms with E-state index < -0.39 is 5.54 Å². The summed E-state index contributed by atoms with van der Waals surface area (Å²) < 4.78 is 0. The fraction of sp³-hybridized carbons (Fsp3) is 0.778. The molecular formula is C9H17NO3. The van der Waals surface area contributed by atoms with E-state index in [0.29, 0.717) is 6.42 Å². The number of hydrogen-bond acceptors (Lipinski definition) is 4. The lowest BCUT2D eigenvalue weighted by atomic mass is 10.0. The van der Waals surface area contributed by atoms with Crippen molar-refractivity contribution in [3.05, 3.63) is 0 Å². The molecule has 4 N–H and O–H groups in total. The quantitative estimate of drug-likeness (QED) is 0.390. The van der Waals surface area contributed by atoms with Crippen molar-refractivity contribution in [3.8, 4) is 12.3 Å². The molecule has 0 aromatic rings. The molecule has 4 heteroatoms.